The zero-order valence-electron chi connectivity index (χ0n) is 13.7. The van der Waals surface area contributed by atoms with Gasteiger partial charge < -0.3 is 14.5 Å². The second-order valence-electron chi connectivity index (χ2n) is 5.29. The summed E-state index contributed by atoms with van der Waals surface area (Å²) in [6.45, 7) is 0.473. The molecular weight excluding hydrogens is 330 g/mol. The number of ether oxygens (including phenoxy) is 1. The lowest BCUT2D eigenvalue weighted by molar-refractivity contribution is -0.117. The first kappa shape index (κ1) is 18.2. The standard InChI is InChI=1S/C18H16F2N2O3/c1-11-6-13(7-12(2)16(11)25-18(19)20)8-14(9-21)17(23)22-10-15-4-3-5-24-15/h3-8,18H,10H2,1-2H3,(H,22,23)/b14-8+. The Morgan fingerprint density at radius 2 is 2.08 bits per heavy atom. The predicted molar refractivity (Wildman–Crippen MR) is 86.7 cm³/mol. The predicted octanol–water partition coefficient (Wildman–Crippen LogP) is 3.72. The van der Waals surface area contributed by atoms with E-state index in [2.05, 4.69) is 10.1 Å². The van der Waals surface area contributed by atoms with E-state index in [-0.39, 0.29) is 17.9 Å². The lowest BCUT2D eigenvalue weighted by atomic mass is 10.0. The van der Waals surface area contributed by atoms with E-state index in [1.807, 2.05) is 6.07 Å². The number of hydrogen-bond acceptors (Lipinski definition) is 4. The van der Waals surface area contributed by atoms with Gasteiger partial charge in [0.15, 0.2) is 0 Å². The molecule has 0 aliphatic carbocycles. The maximum Gasteiger partial charge on any atom is 0.387 e. The monoisotopic (exact) mass is 346 g/mol. The zero-order valence-corrected chi connectivity index (χ0v) is 13.7. The summed E-state index contributed by atoms with van der Waals surface area (Å²) >= 11 is 0. The van der Waals surface area contributed by atoms with Gasteiger partial charge in [-0.1, -0.05) is 0 Å². The normalized spacial score (nSPS) is 11.3. The molecule has 0 aliphatic heterocycles. The van der Waals surface area contributed by atoms with E-state index in [0.29, 0.717) is 22.5 Å². The number of carbonyl (C=O) groups is 1. The van der Waals surface area contributed by atoms with Crippen LogP contribution in [-0.4, -0.2) is 12.5 Å². The summed E-state index contributed by atoms with van der Waals surface area (Å²) in [6, 6.07) is 8.37. The van der Waals surface area contributed by atoms with Crippen LogP contribution in [0.1, 0.15) is 22.5 Å². The third kappa shape index (κ3) is 4.91. The molecule has 130 valence electrons. The van der Waals surface area contributed by atoms with Gasteiger partial charge in [-0.05, 0) is 60.9 Å². The Kier molecular flexibility index (Phi) is 5.90. The first-order valence-electron chi connectivity index (χ1n) is 7.39. The van der Waals surface area contributed by atoms with Gasteiger partial charge in [-0.3, -0.25) is 4.79 Å². The second kappa shape index (κ2) is 8.11. The van der Waals surface area contributed by atoms with E-state index < -0.39 is 12.5 Å². The highest BCUT2D eigenvalue weighted by Gasteiger charge is 2.13. The van der Waals surface area contributed by atoms with E-state index >= 15 is 0 Å². The number of furan rings is 1. The summed E-state index contributed by atoms with van der Waals surface area (Å²) in [5, 5.41) is 11.8. The Labute approximate surface area is 143 Å². The van der Waals surface area contributed by atoms with Gasteiger partial charge in [0, 0.05) is 0 Å². The number of nitrogens with zero attached hydrogens (tertiary/aromatic N) is 1. The number of carbonyl (C=O) groups excluding carboxylic acids is 1. The number of alkyl halides is 2. The van der Waals surface area contributed by atoms with Crippen molar-refractivity contribution in [1.82, 2.24) is 5.32 Å². The Bertz CT molecular complexity index is 798. The molecular formula is C18H16F2N2O3. The molecule has 0 unspecified atom stereocenters. The number of nitrogens with one attached hydrogen (secondary N) is 1. The fourth-order valence-corrected chi connectivity index (χ4v) is 2.33. The molecule has 2 rings (SSSR count). The molecule has 0 radical (unpaired) electrons. The molecule has 0 saturated carbocycles. The van der Waals surface area contributed by atoms with Crippen LogP contribution in [0.5, 0.6) is 5.75 Å². The number of benzene rings is 1. The van der Waals surface area contributed by atoms with Crippen LogP contribution in [0, 0.1) is 25.2 Å². The zero-order chi connectivity index (χ0) is 18.4. The maximum absolute atomic E-state index is 12.4. The fourth-order valence-electron chi connectivity index (χ4n) is 2.33. The molecule has 1 aromatic heterocycles. The number of hydrogen-bond donors (Lipinski definition) is 1. The van der Waals surface area contributed by atoms with E-state index in [1.165, 1.54) is 12.3 Å². The Balaban J connectivity index is 2.18. The molecule has 0 fully saturated rings. The lowest BCUT2D eigenvalue weighted by Gasteiger charge is -2.12. The highest BCUT2D eigenvalue weighted by atomic mass is 19.3. The molecule has 0 saturated heterocycles. The number of halogens is 2. The maximum atomic E-state index is 12.4. The summed E-state index contributed by atoms with van der Waals surface area (Å²) in [5.74, 6) is 0.0980. The molecule has 1 heterocycles. The van der Waals surface area contributed by atoms with Crippen LogP contribution in [0.3, 0.4) is 0 Å². The van der Waals surface area contributed by atoms with Crippen LogP contribution in [0.25, 0.3) is 6.08 Å². The van der Waals surface area contributed by atoms with Crippen molar-refractivity contribution in [2.24, 2.45) is 0 Å². The molecule has 0 aliphatic rings. The minimum atomic E-state index is -2.92. The number of rotatable bonds is 6. The number of nitriles is 1. The van der Waals surface area contributed by atoms with E-state index in [0.717, 1.165) is 0 Å². The molecule has 25 heavy (non-hydrogen) atoms. The van der Waals surface area contributed by atoms with Gasteiger partial charge in [0.1, 0.15) is 23.2 Å². The Morgan fingerprint density at radius 1 is 1.40 bits per heavy atom. The second-order valence-corrected chi connectivity index (χ2v) is 5.29. The topological polar surface area (TPSA) is 75.3 Å². The SMILES string of the molecule is Cc1cc(/C=C(\C#N)C(=O)NCc2ccco2)cc(C)c1OC(F)F. The lowest BCUT2D eigenvalue weighted by Crippen LogP contribution is -2.23. The average molecular weight is 346 g/mol. The average Bonchev–Trinajstić information content (AvgIpc) is 3.07. The van der Waals surface area contributed by atoms with Gasteiger partial charge in [-0.25, -0.2) is 0 Å². The number of amides is 1. The van der Waals surface area contributed by atoms with Crippen molar-refractivity contribution in [3.63, 3.8) is 0 Å². The molecule has 1 N–H and O–H groups in total. The molecule has 0 bridgehead atoms. The van der Waals surface area contributed by atoms with Crippen molar-refractivity contribution in [1.29, 1.82) is 5.26 Å². The van der Waals surface area contributed by atoms with Crippen molar-refractivity contribution in [2.45, 2.75) is 27.0 Å². The molecule has 1 amide bonds. The molecule has 7 heteroatoms. The third-order valence-electron chi connectivity index (χ3n) is 3.37. The Morgan fingerprint density at radius 3 is 2.60 bits per heavy atom. The van der Waals surface area contributed by atoms with Crippen LogP contribution < -0.4 is 10.1 Å². The molecule has 2 aromatic rings. The summed E-state index contributed by atoms with van der Waals surface area (Å²) in [6.07, 6.45) is 2.88. The van der Waals surface area contributed by atoms with Crippen molar-refractivity contribution in [3.05, 3.63) is 58.6 Å². The van der Waals surface area contributed by atoms with E-state index in [9.17, 15) is 18.8 Å². The minimum absolute atomic E-state index is 0.0907. The quantitative estimate of drug-likeness (QED) is 0.639. The highest BCUT2D eigenvalue weighted by molar-refractivity contribution is 6.01. The first-order valence-corrected chi connectivity index (χ1v) is 7.39. The van der Waals surface area contributed by atoms with Gasteiger partial charge in [0.25, 0.3) is 5.91 Å². The van der Waals surface area contributed by atoms with Crippen LogP contribution >= 0.6 is 0 Å². The van der Waals surface area contributed by atoms with Gasteiger partial charge in [-0.2, -0.15) is 14.0 Å². The van der Waals surface area contributed by atoms with Crippen molar-refractivity contribution in [2.75, 3.05) is 0 Å². The van der Waals surface area contributed by atoms with Gasteiger partial charge in [-0.15, -0.1) is 0 Å². The van der Waals surface area contributed by atoms with E-state index in [1.54, 1.807) is 38.1 Å². The minimum Gasteiger partial charge on any atom is -0.467 e. The van der Waals surface area contributed by atoms with Gasteiger partial charge >= 0.3 is 6.61 Å². The molecule has 0 spiro atoms. The van der Waals surface area contributed by atoms with Crippen LogP contribution in [0.15, 0.2) is 40.5 Å². The van der Waals surface area contributed by atoms with Gasteiger partial charge in [0.2, 0.25) is 0 Å². The summed E-state index contributed by atoms with van der Waals surface area (Å²) in [7, 11) is 0. The number of aryl methyl sites for hydroxylation is 2. The first-order chi connectivity index (χ1) is 11.9. The molecule has 0 atom stereocenters. The Hall–Kier alpha value is -3.14. The summed E-state index contributed by atoms with van der Waals surface area (Å²) < 4.78 is 34.4. The van der Waals surface area contributed by atoms with Crippen molar-refractivity contribution in [3.8, 4) is 11.8 Å². The third-order valence-corrected chi connectivity index (χ3v) is 3.37. The molecule has 1 aromatic carbocycles. The molecule has 5 nitrogen and oxygen atoms in total. The van der Waals surface area contributed by atoms with E-state index in [4.69, 9.17) is 4.42 Å². The van der Waals surface area contributed by atoms with Crippen LogP contribution in [0.4, 0.5) is 8.78 Å². The highest BCUT2D eigenvalue weighted by Crippen LogP contribution is 2.27. The summed E-state index contributed by atoms with van der Waals surface area (Å²) in [5.41, 5.74) is 1.41. The van der Waals surface area contributed by atoms with Crippen molar-refractivity contribution < 1.29 is 22.7 Å². The summed E-state index contributed by atoms with van der Waals surface area (Å²) in [4.78, 5) is 12.1. The van der Waals surface area contributed by atoms with Crippen LogP contribution in [0.2, 0.25) is 0 Å². The van der Waals surface area contributed by atoms with Gasteiger partial charge in [0.05, 0.1) is 12.8 Å². The fraction of sp³-hybridized carbons (Fsp3) is 0.222. The smallest absolute Gasteiger partial charge is 0.387 e. The van der Waals surface area contributed by atoms with Crippen molar-refractivity contribution >= 4 is 12.0 Å². The largest absolute Gasteiger partial charge is 0.467 e. The van der Waals surface area contributed by atoms with Crippen LogP contribution in [-0.2, 0) is 11.3 Å².